The Balaban J connectivity index is 1.75. The molecule has 0 unspecified atom stereocenters. The third-order valence-corrected chi connectivity index (χ3v) is 5.91. The summed E-state index contributed by atoms with van der Waals surface area (Å²) in [6, 6.07) is 14.3. The summed E-state index contributed by atoms with van der Waals surface area (Å²) in [6.45, 7) is 11.6. The van der Waals surface area contributed by atoms with Crippen LogP contribution in [0.1, 0.15) is 32.7 Å². The first-order valence-corrected chi connectivity index (χ1v) is 10.1. The van der Waals surface area contributed by atoms with Crippen LogP contribution in [0.25, 0.3) is 10.9 Å². The standard InChI is InChI=1S/C24H28N2O2/c1-17-7-6-8-18(2)22(17)24(27)23-19(3)26(21-10-5-4-9-20(21)23)12-11-25-13-15-28-16-14-25/h4-10H,11-16H2,1-3H3. The number of carbonyl (C=O) groups excluding carboxylic acids is 1. The second kappa shape index (κ2) is 7.90. The van der Waals surface area contributed by atoms with Gasteiger partial charge in [-0.05, 0) is 38.0 Å². The molecule has 28 heavy (non-hydrogen) atoms. The molecular formula is C24H28N2O2. The number of aromatic nitrogens is 1. The van der Waals surface area contributed by atoms with Crippen LogP contribution in [0.5, 0.6) is 0 Å². The Morgan fingerprint density at radius 1 is 0.893 bits per heavy atom. The Bertz CT molecular complexity index is 993. The predicted octanol–water partition coefficient (Wildman–Crippen LogP) is 4.13. The third-order valence-electron chi connectivity index (χ3n) is 5.91. The van der Waals surface area contributed by atoms with Crippen molar-refractivity contribution < 1.29 is 9.53 Å². The molecule has 0 bridgehead atoms. The second-order valence-electron chi connectivity index (χ2n) is 7.68. The molecule has 146 valence electrons. The number of carbonyl (C=O) groups is 1. The molecule has 1 aliphatic rings. The highest BCUT2D eigenvalue weighted by molar-refractivity contribution is 6.18. The zero-order valence-corrected chi connectivity index (χ0v) is 17.0. The van der Waals surface area contributed by atoms with Crippen molar-refractivity contribution in [3.8, 4) is 0 Å². The number of fused-ring (bicyclic) bond motifs is 1. The topological polar surface area (TPSA) is 34.5 Å². The lowest BCUT2D eigenvalue weighted by Crippen LogP contribution is -2.38. The van der Waals surface area contributed by atoms with Crippen molar-refractivity contribution in [2.45, 2.75) is 27.3 Å². The number of benzene rings is 2. The highest BCUT2D eigenvalue weighted by Crippen LogP contribution is 2.30. The maximum atomic E-state index is 13.6. The molecule has 0 saturated carbocycles. The minimum Gasteiger partial charge on any atom is -0.379 e. The first kappa shape index (κ1) is 18.9. The number of rotatable bonds is 5. The van der Waals surface area contributed by atoms with Gasteiger partial charge in [0.1, 0.15) is 0 Å². The molecule has 0 aliphatic carbocycles. The normalized spacial score (nSPS) is 15.2. The van der Waals surface area contributed by atoms with E-state index in [4.69, 9.17) is 4.74 Å². The molecule has 2 heterocycles. The quantitative estimate of drug-likeness (QED) is 0.628. The van der Waals surface area contributed by atoms with Crippen LogP contribution < -0.4 is 0 Å². The summed E-state index contributed by atoms with van der Waals surface area (Å²) in [4.78, 5) is 16.0. The van der Waals surface area contributed by atoms with Crippen LogP contribution in [0.3, 0.4) is 0 Å². The van der Waals surface area contributed by atoms with Crippen LogP contribution in [0.15, 0.2) is 42.5 Å². The summed E-state index contributed by atoms with van der Waals surface area (Å²) < 4.78 is 7.77. The highest BCUT2D eigenvalue weighted by atomic mass is 16.5. The molecule has 4 nitrogen and oxygen atoms in total. The maximum Gasteiger partial charge on any atom is 0.195 e. The molecule has 0 spiro atoms. The number of ketones is 1. The minimum absolute atomic E-state index is 0.134. The number of ether oxygens (including phenoxy) is 1. The zero-order chi connectivity index (χ0) is 19.7. The van der Waals surface area contributed by atoms with Gasteiger partial charge in [-0.15, -0.1) is 0 Å². The summed E-state index contributed by atoms with van der Waals surface area (Å²) >= 11 is 0. The molecule has 4 heteroatoms. The summed E-state index contributed by atoms with van der Waals surface area (Å²) in [5, 5.41) is 1.05. The Morgan fingerprint density at radius 2 is 1.57 bits per heavy atom. The Labute approximate surface area is 166 Å². The van der Waals surface area contributed by atoms with Crippen LogP contribution in [-0.4, -0.2) is 48.1 Å². The van der Waals surface area contributed by atoms with Crippen molar-refractivity contribution in [1.29, 1.82) is 0 Å². The van der Waals surface area contributed by atoms with Gasteiger partial charge in [-0.25, -0.2) is 0 Å². The van der Waals surface area contributed by atoms with Gasteiger partial charge in [0.15, 0.2) is 5.78 Å². The molecule has 3 aromatic rings. The van der Waals surface area contributed by atoms with Crippen molar-refractivity contribution in [3.05, 3.63) is 70.4 Å². The highest BCUT2D eigenvalue weighted by Gasteiger charge is 2.23. The first-order chi connectivity index (χ1) is 13.6. The van der Waals surface area contributed by atoms with E-state index in [9.17, 15) is 4.79 Å². The van der Waals surface area contributed by atoms with Gasteiger partial charge >= 0.3 is 0 Å². The van der Waals surface area contributed by atoms with Crippen molar-refractivity contribution >= 4 is 16.7 Å². The van der Waals surface area contributed by atoms with Crippen LogP contribution in [0.2, 0.25) is 0 Å². The van der Waals surface area contributed by atoms with E-state index in [0.29, 0.717) is 0 Å². The van der Waals surface area contributed by atoms with Gasteiger partial charge in [-0.1, -0.05) is 36.4 Å². The molecule has 2 aromatic carbocycles. The van der Waals surface area contributed by atoms with Gasteiger partial charge in [0.2, 0.25) is 0 Å². The fourth-order valence-corrected chi connectivity index (χ4v) is 4.37. The van der Waals surface area contributed by atoms with E-state index in [2.05, 4.69) is 34.6 Å². The van der Waals surface area contributed by atoms with Gasteiger partial charge in [0, 0.05) is 48.3 Å². The summed E-state index contributed by atoms with van der Waals surface area (Å²) in [5.74, 6) is 0.134. The zero-order valence-electron chi connectivity index (χ0n) is 17.0. The number of hydrogen-bond donors (Lipinski definition) is 0. The van der Waals surface area contributed by atoms with E-state index >= 15 is 0 Å². The fourth-order valence-electron chi connectivity index (χ4n) is 4.37. The third kappa shape index (κ3) is 3.38. The lowest BCUT2D eigenvalue weighted by Gasteiger charge is -2.27. The molecule has 1 aliphatic heterocycles. The van der Waals surface area contributed by atoms with Crippen molar-refractivity contribution in [2.75, 3.05) is 32.8 Å². The van der Waals surface area contributed by atoms with Crippen LogP contribution in [-0.2, 0) is 11.3 Å². The van der Waals surface area contributed by atoms with Gasteiger partial charge in [0.25, 0.3) is 0 Å². The molecule has 0 atom stereocenters. The second-order valence-corrected chi connectivity index (χ2v) is 7.68. The number of aryl methyl sites for hydroxylation is 2. The molecule has 0 amide bonds. The van der Waals surface area contributed by atoms with E-state index in [1.807, 2.05) is 38.1 Å². The fraction of sp³-hybridized carbons (Fsp3) is 0.375. The first-order valence-electron chi connectivity index (χ1n) is 10.1. The molecule has 0 radical (unpaired) electrons. The number of morpholine rings is 1. The largest absolute Gasteiger partial charge is 0.379 e. The van der Waals surface area contributed by atoms with Crippen molar-refractivity contribution in [3.63, 3.8) is 0 Å². The van der Waals surface area contributed by atoms with Crippen LogP contribution in [0.4, 0.5) is 0 Å². The van der Waals surface area contributed by atoms with E-state index in [0.717, 1.165) is 78.2 Å². The summed E-state index contributed by atoms with van der Waals surface area (Å²) in [7, 11) is 0. The number of hydrogen-bond acceptors (Lipinski definition) is 3. The molecule has 1 saturated heterocycles. The smallest absolute Gasteiger partial charge is 0.195 e. The van der Waals surface area contributed by atoms with E-state index in [1.165, 1.54) is 0 Å². The molecule has 1 aromatic heterocycles. The SMILES string of the molecule is Cc1cccc(C)c1C(=O)c1c(C)n(CCN2CCOCC2)c2ccccc12. The molecular weight excluding hydrogens is 348 g/mol. The number of para-hydroxylation sites is 1. The monoisotopic (exact) mass is 376 g/mol. The van der Waals surface area contributed by atoms with Gasteiger partial charge in [0.05, 0.1) is 18.8 Å². The van der Waals surface area contributed by atoms with Crippen LogP contribution >= 0.6 is 0 Å². The van der Waals surface area contributed by atoms with Crippen molar-refractivity contribution in [1.82, 2.24) is 9.47 Å². The van der Waals surface area contributed by atoms with E-state index < -0.39 is 0 Å². The average Bonchev–Trinajstić information content (AvgIpc) is 2.98. The Morgan fingerprint density at radius 3 is 2.29 bits per heavy atom. The van der Waals surface area contributed by atoms with Gasteiger partial charge in [-0.3, -0.25) is 9.69 Å². The maximum absolute atomic E-state index is 13.6. The van der Waals surface area contributed by atoms with E-state index in [1.54, 1.807) is 0 Å². The summed E-state index contributed by atoms with van der Waals surface area (Å²) in [6.07, 6.45) is 0. The number of nitrogens with zero attached hydrogens (tertiary/aromatic N) is 2. The minimum atomic E-state index is 0.134. The predicted molar refractivity (Wildman–Crippen MR) is 113 cm³/mol. The van der Waals surface area contributed by atoms with Gasteiger partial charge < -0.3 is 9.30 Å². The lowest BCUT2D eigenvalue weighted by molar-refractivity contribution is 0.0365. The van der Waals surface area contributed by atoms with Gasteiger partial charge in [-0.2, -0.15) is 0 Å². The molecule has 1 fully saturated rings. The Kier molecular flexibility index (Phi) is 5.33. The van der Waals surface area contributed by atoms with Crippen LogP contribution in [0, 0.1) is 20.8 Å². The average molecular weight is 377 g/mol. The van der Waals surface area contributed by atoms with Crippen molar-refractivity contribution in [2.24, 2.45) is 0 Å². The lowest BCUT2D eigenvalue weighted by atomic mass is 9.93. The molecule has 0 N–H and O–H groups in total. The Hall–Kier alpha value is -2.43. The molecule has 4 rings (SSSR count). The summed E-state index contributed by atoms with van der Waals surface area (Å²) in [5.41, 5.74) is 5.95. The van der Waals surface area contributed by atoms with E-state index in [-0.39, 0.29) is 5.78 Å².